The van der Waals surface area contributed by atoms with Crippen LogP contribution in [0.1, 0.15) is 11.6 Å². The summed E-state index contributed by atoms with van der Waals surface area (Å²) in [7, 11) is 0. The molecule has 0 spiro atoms. The fourth-order valence-electron chi connectivity index (χ4n) is 1.83. The smallest absolute Gasteiger partial charge is 0.0637 e. The van der Waals surface area contributed by atoms with Gasteiger partial charge in [0.2, 0.25) is 0 Å². The second kappa shape index (κ2) is 6.62. The first kappa shape index (κ1) is 14.7. The van der Waals surface area contributed by atoms with Gasteiger partial charge in [-0.1, -0.05) is 45.2 Å². The fraction of sp³-hybridized carbons (Fsp3) is 0.143. The Morgan fingerprint density at radius 2 is 1.79 bits per heavy atom. The van der Waals surface area contributed by atoms with Crippen LogP contribution in [0.4, 0.5) is 5.69 Å². The molecule has 3 N–H and O–H groups in total. The monoisotopic (exact) mass is 358 g/mol. The van der Waals surface area contributed by atoms with Crippen LogP contribution in [0.5, 0.6) is 0 Å². The van der Waals surface area contributed by atoms with Crippen molar-refractivity contribution in [3.05, 3.63) is 62.5 Å². The zero-order chi connectivity index (χ0) is 13.8. The van der Waals surface area contributed by atoms with E-state index in [2.05, 4.69) is 21.2 Å². The van der Waals surface area contributed by atoms with Crippen molar-refractivity contribution in [3.8, 4) is 0 Å². The average molecular weight is 360 g/mol. The highest BCUT2D eigenvalue weighted by Crippen LogP contribution is 2.26. The number of halogens is 3. The molecule has 0 heterocycles. The van der Waals surface area contributed by atoms with E-state index >= 15 is 0 Å². The summed E-state index contributed by atoms with van der Waals surface area (Å²) in [5.41, 5.74) is 7.79. The van der Waals surface area contributed by atoms with E-state index in [1.807, 2.05) is 36.4 Å². The van der Waals surface area contributed by atoms with Crippen molar-refractivity contribution < 1.29 is 0 Å². The molecule has 0 fully saturated rings. The molecule has 2 aromatic carbocycles. The molecule has 0 aliphatic rings. The van der Waals surface area contributed by atoms with Gasteiger partial charge in [0.05, 0.1) is 6.04 Å². The van der Waals surface area contributed by atoms with Gasteiger partial charge >= 0.3 is 0 Å². The topological polar surface area (TPSA) is 38.0 Å². The van der Waals surface area contributed by atoms with Crippen LogP contribution in [0.15, 0.2) is 46.9 Å². The molecule has 0 bridgehead atoms. The van der Waals surface area contributed by atoms with Gasteiger partial charge in [-0.05, 0) is 42.0 Å². The summed E-state index contributed by atoms with van der Waals surface area (Å²) in [6.45, 7) is 0.448. The summed E-state index contributed by atoms with van der Waals surface area (Å²) in [5.74, 6) is 0. The van der Waals surface area contributed by atoms with E-state index in [0.29, 0.717) is 16.6 Å². The summed E-state index contributed by atoms with van der Waals surface area (Å²) < 4.78 is 1.01. The summed E-state index contributed by atoms with van der Waals surface area (Å²) in [5, 5.41) is 4.58. The first-order valence-corrected chi connectivity index (χ1v) is 7.31. The molecule has 0 aromatic heterocycles. The Morgan fingerprint density at radius 1 is 1.11 bits per heavy atom. The Balaban J connectivity index is 2.24. The van der Waals surface area contributed by atoms with Gasteiger partial charge in [-0.2, -0.15) is 0 Å². The summed E-state index contributed by atoms with van der Waals surface area (Å²) in [4.78, 5) is 0. The highest BCUT2D eigenvalue weighted by molar-refractivity contribution is 9.10. The maximum Gasteiger partial charge on any atom is 0.0637 e. The maximum atomic E-state index is 6.02. The predicted octanol–water partition coefficient (Wildman–Crippen LogP) is 4.87. The molecular formula is C14H13BrCl2N2. The van der Waals surface area contributed by atoms with Gasteiger partial charge in [-0.3, -0.25) is 0 Å². The Bertz CT molecular complexity index is 555. The number of benzene rings is 2. The number of hydrogen-bond donors (Lipinski definition) is 2. The lowest BCUT2D eigenvalue weighted by Crippen LogP contribution is -2.20. The van der Waals surface area contributed by atoms with E-state index < -0.39 is 0 Å². The van der Waals surface area contributed by atoms with Crippen LogP contribution in [0, 0.1) is 0 Å². The van der Waals surface area contributed by atoms with Crippen LogP contribution in [0.25, 0.3) is 0 Å². The van der Waals surface area contributed by atoms with Gasteiger partial charge in [-0.15, -0.1) is 0 Å². The van der Waals surface area contributed by atoms with Crippen molar-refractivity contribution in [2.24, 2.45) is 5.73 Å². The maximum absolute atomic E-state index is 6.02. The van der Waals surface area contributed by atoms with Crippen LogP contribution in [0.2, 0.25) is 10.0 Å². The number of hydrogen-bond acceptors (Lipinski definition) is 2. The van der Waals surface area contributed by atoms with E-state index in [-0.39, 0.29) is 6.04 Å². The zero-order valence-electron chi connectivity index (χ0n) is 10.0. The minimum absolute atomic E-state index is 0.0366. The van der Waals surface area contributed by atoms with Crippen molar-refractivity contribution in [1.29, 1.82) is 0 Å². The highest BCUT2D eigenvalue weighted by atomic mass is 79.9. The molecule has 5 heteroatoms. The number of rotatable bonds is 4. The normalized spacial score (nSPS) is 12.2. The number of nitrogens with two attached hydrogens (primary N) is 1. The Morgan fingerprint density at radius 3 is 2.37 bits per heavy atom. The molecule has 19 heavy (non-hydrogen) atoms. The van der Waals surface area contributed by atoms with E-state index in [0.717, 1.165) is 15.7 Å². The lowest BCUT2D eigenvalue weighted by molar-refractivity contribution is 0.790. The Kier molecular flexibility index (Phi) is 5.11. The quantitative estimate of drug-likeness (QED) is 0.817. The second-order valence-electron chi connectivity index (χ2n) is 4.15. The van der Waals surface area contributed by atoms with Crippen LogP contribution in [0.3, 0.4) is 0 Å². The van der Waals surface area contributed by atoms with Gasteiger partial charge < -0.3 is 11.1 Å². The summed E-state index contributed by atoms with van der Waals surface area (Å²) in [6, 6.07) is 13.3. The summed E-state index contributed by atoms with van der Waals surface area (Å²) >= 11 is 15.5. The fourth-order valence-corrected chi connectivity index (χ4v) is 2.78. The molecule has 2 nitrogen and oxygen atoms in total. The molecule has 2 rings (SSSR count). The molecule has 1 unspecified atom stereocenters. The van der Waals surface area contributed by atoms with Crippen LogP contribution < -0.4 is 11.1 Å². The van der Waals surface area contributed by atoms with E-state index in [4.69, 9.17) is 28.9 Å². The molecule has 0 amide bonds. The first-order valence-electron chi connectivity index (χ1n) is 5.76. The van der Waals surface area contributed by atoms with Crippen LogP contribution in [-0.4, -0.2) is 6.54 Å². The third-order valence-corrected chi connectivity index (χ3v) is 3.62. The second-order valence-corrected chi connectivity index (χ2v) is 5.93. The molecular weight excluding hydrogens is 347 g/mol. The molecule has 100 valence electrons. The Labute approximate surface area is 131 Å². The van der Waals surface area contributed by atoms with Crippen molar-refractivity contribution in [2.45, 2.75) is 6.04 Å². The standard InChI is InChI=1S/C14H13BrCl2N2/c15-10-2-1-3-13(6-10)19-14(8-18)9-4-11(16)7-12(17)5-9/h1-7,14,19H,8,18H2. The first-order chi connectivity index (χ1) is 9.08. The average Bonchev–Trinajstić information content (AvgIpc) is 2.34. The van der Waals surface area contributed by atoms with Crippen LogP contribution >= 0.6 is 39.1 Å². The van der Waals surface area contributed by atoms with E-state index in [1.165, 1.54) is 0 Å². The van der Waals surface area contributed by atoms with E-state index in [1.54, 1.807) is 6.07 Å². The molecule has 0 saturated heterocycles. The lowest BCUT2D eigenvalue weighted by atomic mass is 10.1. The SMILES string of the molecule is NCC(Nc1cccc(Br)c1)c1cc(Cl)cc(Cl)c1. The molecule has 1 atom stereocenters. The van der Waals surface area contributed by atoms with Gasteiger partial charge in [0.1, 0.15) is 0 Å². The van der Waals surface area contributed by atoms with Gasteiger partial charge in [-0.25, -0.2) is 0 Å². The predicted molar refractivity (Wildman–Crippen MR) is 86.0 cm³/mol. The Hall–Kier alpha value is -0.740. The van der Waals surface area contributed by atoms with Crippen molar-refractivity contribution >= 4 is 44.8 Å². The van der Waals surface area contributed by atoms with E-state index in [9.17, 15) is 0 Å². The third-order valence-electron chi connectivity index (χ3n) is 2.69. The zero-order valence-corrected chi connectivity index (χ0v) is 13.1. The van der Waals surface area contributed by atoms with Crippen molar-refractivity contribution in [3.63, 3.8) is 0 Å². The molecule has 0 saturated carbocycles. The molecule has 0 aliphatic carbocycles. The number of anilines is 1. The number of nitrogens with one attached hydrogen (secondary N) is 1. The third kappa shape index (κ3) is 4.11. The minimum atomic E-state index is -0.0366. The van der Waals surface area contributed by atoms with Crippen molar-refractivity contribution in [1.82, 2.24) is 0 Å². The lowest BCUT2D eigenvalue weighted by Gasteiger charge is -2.19. The molecule has 0 radical (unpaired) electrons. The van der Waals surface area contributed by atoms with Gasteiger partial charge in [0, 0.05) is 26.8 Å². The summed E-state index contributed by atoms with van der Waals surface area (Å²) in [6.07, 6.45) is 0. The minimum Gasteiger partial charge on any atom is -0.377 e. The largest absolute Gasteiger partial charge is 0.377 e. The van der Waals surface area contributed by atoms with Crippen LogP contribution in [-0.2, 0) is 0 Å². The molecule has 2 aromatic rings. The van der Waals surface area contributed by atoms with Gasteiger partial charge in [0.15, 0.2) is 0 Å². The van der Waals surface area contributed by atoms with Gasteiger partial charge in [0.25, 0.3) is 0 Å². The van der Waals surface area contributed by atoms with Crippen molar-refractivity contribution in [2.75, 3.05) is 11.9 Å². The highest BCUT2D eigenvalue weighted by Gasteiger charge is 2.11. The molecule has 0 aliphatic heterocycles.